The fourth-order valence-electron chi connectivity index (χ4n) is 5.49. The van der Waals surface area contributed by atoms with Gasteiger partial charge in [-0.1, -0.05) is 102 Å². The van der Waals surface area contributed by atoms with Crippen LogP contribution in [0.4, 0.5) is 0 Å². The molecule has 0 N–H and O–H groups in total. The first kappa shape index (κ1) is 33.0. The summed E-state index contributed by atoms with van der Waals surface area (Å²) in [5.41, 5.74) is 21.7. The Morgan fingerprint density at radius 3 is 1.92 bits per heavy atom. The Hall–Kier alpha value is -2.25. The van der Waals surface area contributed by atoms with Crippen molar-refractivity contribution >= 4 is 11.4 Å². The number of hydrogen-bond donors (Lipinski definition) is 0. The van der Waals surface area contributed by atoms with Crippen LogP contribution in [0.3, 0.4) is 0 Å². The Morgan fingerprint density at radius 2 is 1.23 bits per heavy atom. The molecule has 0 spiro atoms. The summed E-state index contributed by atoms with van der Waals surface area (Å²) in [6.45, 7) is 9.00. The quantitative estimate of drug-likeness (QED) is 0.0784. The van der Waals surface area contributed by atoms with E-state index in [-0.39, 0.29) is 16.5 Å². The monoisotopic (exact) mass is 568 g/mol. The van der Waals surface area contributed by atoms with E-state index in [0.717, 1.165) is 74.7 Å². The Labute approximate surface area is 249 Å². The molecule has 0 atom stereocenters. The number of nitrogens with zero attached hydrogens (tertiary/aromatic N) is 2. The molecule has 1 heterocycles. The van der Waals surface area contributed by atoms with E-state index in [2.05, 4.69) is 88.4 Å². The molecule has 0 saturated carbocycles. The third-order valence-electron chi connectivity index (χ3n) is 7.69. The van der Waals surface area contributed by atoms with Crippen molar-refractivity contribution in [2.24, 2.45) is 0 Å². The van der Waals surface area contributed by atoms with Crippen LogP contribution in [0.15, 0.2) is 71.8 Å². The third kappa shape index (κ3) is 9.14. The molecule has 0 fully saturated rings. The van der Waals surface area contributed by atoms with E-state index < -0.39 is 0 Å². The van der Waals surface area contributed by atoms with Gasteiger partial charge in [0.1, 0.15) is 0 Å². The van der Waals surface area contributed by atoms with Gasteiger partial charge >= 0.3 is 0 Å². The van der Waals surface area contributed by atoms with Crippen LogP contribution in [0.5, 0.6) is 0 Å². The van der Waals surface area contributed by atoms with Crippen LogP contribution in [0.2, 0.25) is 0 Å². The zero-order chi connectivity index (χ0) is 27.2. The zero-order valence-corrected chi connectivity index (χ0v) is 25.9. The van der Waals surface area contributed by atoms with Crippen molar-refractivity contribution in [2.45, 2.75) is 118 Å². The van der Waals surface area contributed by atoms with Crippen LogP contribution in [-0.4, -0.2) is 4.70 Å². The van der Waals surface area contributed by atoms with Gasteiger partial charge in [-0.15, -0.1) is 0 Å². The van der Waals surface area contributed by atoms with E-state index in [1.54, 1.807) is 4.70 Å². The predicted octanol–water partition coefficient (Wildman–Crippen LogP) is 11.3. The van der Waals surface area contributed by atoms with Gasteiger partial charge in [0.2, 0.25) is 11.4 Å². The number of benzene rings is 2. The Balaban J connectivity index is 0.00000533. The van der Waals surface area contributed by atoms with Crippen LogP contribution >= 0.6 is 0 Å². The molecule has 0 aliphatic carbocycles. The van der Waals surface area contributed by atoms with Gasteiger partial charge in [0.05, 0.1) is 0 Å². The number of unbranched alkanes of at least 4 members (excludes halogenated alkanes) is 5. The number of aryl methyl sites for hydroxylation is 2. The first-order chi connectivity index (χ1) is 18.7. The van der Waals surface area contributed by atoms with Gasteiger partial charge in [-0.2, -0.15) is 0 Å². The molecule has 1 aliphatic heterocycles. The molecule has 3 rings (SSSR count). The Morgan fingerprint density at radius 1 is 0.615 bits per heavy atom. The Bertz CT molecular complexity index is 1120. The van der Waals surface area contributed by atoms with Gasteiger partial charge in [0, 0.05) is 38.8 Å². The number of rotatable bonds is 17. The van der Waals surface area contributed by atoms with E-state index in [0.29, 0.717) is 0 Å². The van der Waals surface area contributed by atoms with Crippen molar-refractivity contribution in [1.29, 1.82) is 0 Å². The van der Waals surface area contributed by atoms with E-state index >= 15 is 0 Å². The van der Waals surface area contributed by atoms with Crippen molar-refractivity contribution in [1.82, 2.24) is 0 Å². The third-order valence-corrected chi connectivity index (χ3v) is 7.69. The van der Waals surface area contributed by atoms with Crippen LogP contribution in [-0.2, 0) is 29.3 Å². The molecule has 3 heteroatoms. The van der Waals surface area contributed by atoms with Gasteiger partial charge in [0.15, 0.2) is 0 Å². The molecule has 2 aromatic rings. The first-order valence-electron chi connectivity index (χ1n) is 15.4. The summed E-state index contributed by atoms with van der Waals surface area (Å²) < 4.78 is 1.55. The second kappa shape index (κ2) is 18.2. The van der Waals surface area contributed by atoms with Crippen molar-refractivity contribution in [3.63, 3.8) is 0 Å². The molecule has 0 radical (unpaired) electrons. The smallest absolute Gasteiger partial charge is 0.211 e. The molecule has 1 aliphatic rings. The molecule has 214 valence electrons. The van der Waals surface area contributed by atoms with Crippen LogP contribution < -0.4 is 0 Å². The average molecular weight is 570 g/mol. The molecule has 0 bridgehead atoms. The topological polar surface area (TPSA) is 25.3 Å². The summed E-state index contributed by atoms with van der Waals surface area (Å²) in [6.07, 6.45) is 20.4. The van der Waals surface area contributed by atoms with Crippen LogP contribution in [0.25, 0.3) is 16.9 Å². The minimum atomic E-state index is 0. The van der Waals surface area contributed by atoms with E-state index in [1.807, 2.05) is 0 Å². The summed E-state index contributed by atoms with van der Waals surface area (Å²) in [4.78, 5) is 0. The van der Waals surface area contributed by atoms with Gasteiger partial charge in [-0.05, 0) is 87.1 Å². The van der Waals surface area contributed by atoms with Gasteiger partial charge < -0.3 is 5.53 Å². The van der Waals surface area contributed by atoms with Gasteiger partial charge in [-0.25, -0.2) is 4.70 Å². The molecule has 39 heavy (non-hydrogen) atoms. The minimum absolute atomic E-state index is 0. The molecule has 0 amide bonds. The largest absolute Gasteiger partial charge is 0.493 e. The van der Waals surface area contributed by atoms with Crippen LogP contribution in [0.1, 0.15) is 127 Å². The second-order valence-electron chi connectivity index (χ2n) is 10.8. The summed E-state index contributed by atoms with van der Waals surface area (Å²) in [5, 5.41) is 0. The maximum Gasteiger partial charge on any atom is 0.211 e. The molecule has 0 aromatic heterocycles. The van der Waals surface area contributed by atoms with Gasteiger partial charge in [-0.3, -0.25) is 0 Å². The molecule has 2 aromatic carbocycles. The maximum absolute atomic E-state index is 11.9. The molecular weight excluding hydrogens is 519 g/mol. The zero-order valence-electron chi connectivity index (χ0n) is 24.9. The average Bonchev–Trinajstić information content (AvgIpc) is 3.21. The summed E-state index contributed by atoms with van der Waals surface area (Å²) in [5.74, 6) is 0. The van der Waals surface area contributed by atoms with E-state index in [9.17, 15) is 5.53 Å². The molecule has 0 unspecified atom stereocenters. The maximum atomic E-state index is 11.9. The van der Waals surface area contributed by atoms with Crippen LogP contribution in [0, 0.1) is 0 Å². The predicted molar refractivity (Wildman–Crippen MR) is 165 cm³/mol. The fraction of sp³-hybridized carbons (Fsp3) is 0.500. The van der Waals surface area contributed by atoms with Crippen molar-refractivity contribution in [3.05, 3.63) is 99.6 Å². The summed E-state index contributed by atoms with van der Waals surface area (Å²) in [7, 11) is 0. The molecular formula is C36H50N2Ni. The minimum Gasteiger partial charge on any atom is -0.493 e. The number of allylic oxidation sites excluding steroid dienone is 4. The first-order valence-corrected chi connectivity index (χ1v) is 15.4. The summed E-state index contributed by atoms with van der Waals surface area (Å²) >= 11 is 0. The SMILES string of the molecule is CCCC=CCCc1ccccc1C1=C(CCCCC)C(CCCC)=C(c2ccc(CCCC)cc2)[N+]1=[N-].[Ni]. The Kier molecular flexibility index (Phi) is 15.4. The number of hydrogen-bond acceptors (Lipinski definition) is 0. The summed E-state index contributed by atoms with van der Waals surface area (Å²) in [6, 6.07) is 17.7. The van der Waals surface area contributed by atoms with Crippen molar-refractivity contribution < 1.29 is 21.2 Å². The van der Waals surface area contributed by atoms with E-state index in [1.165, 1.54) is 59.9 Å². The fourth-order valence-corrected chi connectivity index (χ4v) is 5.49. The normalized spacial score (nSPS) is 13.6. The standard InChI is InChI=1S/C36H50N2.Ni/c1-5-9-13-14-16-20-30-21-17-18-23-32(30)36-34(24-15-10-6-2)33(22-12-8-4)35(38(36)37)31-27-25-29(26-28-31)19-11-7-3;/h13-14,17-18,21,23,25-28H,5-12,15-16,19-20,22,24H2,1-4H3;. The second-order valence-corrected chi connectivity index (χ2v) is 10.8. The van der Waals surface area contributed by atoms with Gasteiger partial charge in [0.25, 0.3) is 0 Å². The van der Waals surface area contributed by atoms with Crippen molar-refractivity contribution in [3.8, 4) is 0 Å². The molecule has 2 nitrogen and oxygen atoms in total. The molecule has 0 saturated heterocycles. The van der Waals surface area contributed by atoms with Crippen molar-refractivity contribution in [2.75, 3.05) is 0 Å². The van der Waals surface area contributed by atoms with E-state index in [4.69, 9.17) is 0 Å².